The molecule has 12 rings (SSSR count). The van der Waals surface area contributed by atoms with Crippen molar-refractivity contribution in [3.05, 3.63) is 335 Å². The van der Waals surface area contributed by atoms with Crippen LogP contribution in [0, 0.1) is 13.8 Å². The normalized spacial score (nSPS) is 11.7. The minimum absolute atomic E-state index is 1.08. The van der Waals surface area contributed by atoms with Crippen molar-refractivity contribution in [1.82, 2.24) is 0 Å². The number of nitrogens with zero attached hydrogens (tertiary/aromatic N) is 2. The number of hydrogen-bond acceptors (Lipinski definition) is 2. The fraction of sp³-hybridized carbons (Fsp3) is 0.0256. The van der Waals surface area contributed by atoms with Gasteiger partial charge in [-0.1, -0.05) is 267 Å². The van der Waals surface area contributed by atoms with Crippen LogP contribution in [0.1, 0.15) is 55.6 Å². The Morgan fingerprint density at radius 1 is 0.212 bits per heavy atom. The first-order valence-electron chi connectivity index (χ1n) is 27.5. The van der Waals surface area contributed by atoms with Crippen molar-refractivity contribution in [3.8, 4) is 11.1 Å². The summed E-state index contributed by atoms with van der Waals surface area (Å²) in [4.78, 5) is 4.87. The molecule has 0 N–H and O–H groups in total. The molecule has 0 unspecified atom stereocenters. The van der Waals surface area contributed by atoms with Gasteiger partial charge in [-0.05, 0) is 152 Å². The van der Waals surface area contributed by atoms with Crippen LogP contribution >= 0.6 is 0 Å². The Morgan fingerprint density at radius 2 is 0.412 bits per heavy atom. The molecular formula is C78H60N2. The van der Waals surface area contributed by atoms with Gasteiger partial charge in [0.1, 0.15) is 0 Å². The lowest BCUT2D eigenvalue weighted by Crippen LogP contribution is -2.13. The third-order valence-electron chi connectivity index (χ3n) is 14.8. The van der Waals surface area contributed by atoms with Crippen LogP contribution in [0.4, 0.5) is 34.1 Å². The van der Waals surface area contributed by atoms with Gasteiger partial charge in [0.25, 0.3) is 0 Å². The second-order valence-electron chi connectivity index (χ2n) is 20.3. The highest BCUT2D eigenvalue weighted by atomic mass is 15.2. The molecule has 0 atom stereocenters. The summed E-state index contributed by atoms with van der Waals surface area (Å²) in [5.41, 5.74) is 20.6. The average molecular weight is 1030 g/mol. The van der Waals surface area contributed by atoms with Gasteiger partial charge in [0.05, 0.1) is 11.4 Å². The molecule has 0 fully saturated rings. The maximum absolute atomic E-state index is 2.44. The summed E-state index contributed by atoms with van der Waals surface area (Å²) in [7, 11) is 0. The molecule has 0 aliphatic rings. The van der Waals surface area contributed by atoms with Crippen LogP contribution < -0.4 is 9.80 Å². The molecule has 0 aliphatic heterocycles. The summed E-state index contributed by atoms with van der Waals surface area (Å²) in [6, 6.07) is 100. The van der Waals surface area contributed by atoms with Crippen molar-refractivity contribution in [2.45, 2.75) is 13.8 Å². The van der Waals surface area contributed by atoms with Gasteiger partial charge in [-0.2, -0.15) is 0 Å². The maximum Gasteiger partial charge on any atom is 0.0569 e. The van der Waals surface area contributed by atoms with Gasteiger partial charge in [-0.25, -0.2) is 0 Å². The fourth-order valence-electron chi connectivity index (χ4n) is 10.8. The molecule has 2 nitrogen and oxygen atoms in total. The van der Waals surface area contributed by atoms with E-state index in [4.69, 9.17) is 0 Å². The monoisotopic (exact) mass is 1020 g/mol. The van der Waals surface area contributed by atoms with E-state index >= 15 is 0 Å². The van der Waals surface area contributed by atoms with Crippen LogP contribution in [0.5, 0.6) is 0 Å². The van der Waals surface area contributed by atoms with E-state index in [0.717, 1.165) is 56.4 Å². The maximum atomic E-state index is 2.44. The zero-order valence-electron chi connectivity index (χ0n) is 45.1. The van der Waals surface area contributed by atoms with E-state index in [1.807, 2.05) is 0 Å². The highest BCUT2D eigenvalue weighted by Crippen LogP contribution is 2.49. The molecule has 12 aromatic carbocycles. The lowest BCUT2D eigenvalue weighted by Gasteiger charge is -2.31. The minimum Gasteiger partial charge on any atom is -0.310 e. The van der Waals surface area contributed by atoms with Gasteiger partial charge in [0.15, 0.2) is 0 Å². The molecule has 0 radical (unpaired) electrons. The van der Waals surface area contributed by atoms with Gasteiger partial charge in [0.2, 0.25) is 0 Å². The number of rotatable bonds is 15. The molecule has 0 spiro atoms. The highest BCUT2D eigenvalue weighted by molar-refractivity contribution is 6.14. The van der Waals surface area contributed by atoms with Crippen molar-refractivity contribution in [1.29, 1.82) is 0 Å². The Kier molecular flexibility index (Phi) is 14.9. The zero-order valence-corrected chi connectivity index (χ0v) is 45.1. The standard InChI is InChI=1S/C78H60N2/c1-57-55-75(71-27-15-17-29-73(71)77(57)79(67-47-39-63(40-48-67)35-31-59-19-7-3-8-20-59)68-49-41-64(42-50-68)36-32-60-21-9-4-10-22-60)76-56-58(2)78(74-30-18-16-28-72(74)76)80(69-51-43-65(44-52-69)37-33-61-23-11-5-12-24-61)70-53-45-66(46-54-70)38-34-62-25-13-6-14-26-62/h3-56H,1-2H3/b35-31+,36-32+,37-33+,38-34+. The SMILES string of the molecule is Cc1cc(-c2cc(C)c(N(c3ccc(/C=C/c4ccccc4)cc3)c3ccc(/C=C/c4ccccc4)cc3)c3ccccc23)c2ccccc2c1N(c1ccc(/C=C/c2ccccc2)cc1)c1ccc(/C=C/c2ccccc2)cc1. The number of hydrogen-bond donors (Lipinski definition) is 0. The van der Waals surface area contributed by atoms with Crippen molar-refractivity contribution in [3.63, 3.8) is 0 Å². The van der Waals surface area contributed by atoms with Gasteiger partial charge in [-0.3, -0.25) is 0 Å². The van der Waals surface area contributed by atoms with Crippen LogP contribution in [0.2, 0.25) is 0 Å². The summed E-state index contributed by atoms with van der Waals surface area (Å²) in [5, 5.41) is 4.74. The Hall–Kier alpha value is -10.3. The summed E-state index contributed by atoms with van der Waals surface area (Å²) in [6.45, 7) is 4.55. The molecule has 0 aliphatic carbocycles. The van der Waals surface area contributed by atoms with Gasteiger partial charge in [-0.15, -0.1) is 0 Å². The van der Waals surface area contributed by atoms with Crippen molar-refractivity contribution in [2.75, 3.05) is 9.80 Å². The summed E-state index contributed by atoms with van der Waals surface area (Å²) in [5.74, 6) is 0. The smallest absolute Gasteiger partial charge is 0.0569 e. The molecule has 0 heterocycles. The predicted molar refractivity (Wildman–Crippen MR) is 347 cm³/mol. The molecular weight excluding hydrogens is 965 g/mol. The van der Waals surface area contributed by atoms with Gasteiger partial charge in [0, 0.05) is 33.5 Å². The van der Waals surface area contributed by atoms with E-state index in [1.165, 1.54) is 66.1 Å². The molecule has 0 bridgehead atoms. The van der Waals surface area contributed by atoms with Crippen LogP contribution in [0.3, 0.4) is 0 Å². The summed E-state index contributed by atoms with van der Waals surface area (Å²) in [6.07, 6.45) is 17.4. The third-order valence-corrected chi connectivity index (χ3v) is 14.8. The van der Waals surface area contributed by atoms with Crippen LogP contribution in [-0.2, 0) is 0 Å². The molecule has 2 heteroatoms. The Labute approximate surface area is 471 Å². The second-order valence-corrected chi connectivity index (χ2v) is 20.3. The molecule has 0 aromatic heterocycles. The minimum atomic E-state index is 1.08. The first kappa shape index (κ1) is 50.5. The largest absolute Gasteiger partial charge is 0.310 e. The van der Waals surface area contributed by atoms with E-state index in [9.17, 15) is 0 Å². The number of aryl methyl sites for hydroxylation is 2. The highest BCUT2D eigenvalue weighted by Gasteiger charge is 2.24. The second kappa shape index (κ2) is 23.5. The van der Waals surface area contributed by atoms with Crippen LogP contribution in [0.15, 0.2) is 279 Å². The number of anilines is 6. The molecule has 382 valence electrons. The Balaban J connectivity index is 0.968. The van der Waals surface area contributed by atoms with Crippen molar-refractivity contribution in [2.24, 2.45) is 0 Å². The van der Waals surface area contributed by atoms with E-state index in [0.29, 0.717) is 0 Å². The summed E-state index contributed by atoms with van der Waals surface area (Å²) < 4.78 is 0. The van der Waals surface area contributed by atoms with Crippen LogP contribution in [-0.4, -0.2) is 0 Å². The molecule has 0 saturated heterocycles. The van der Waals surface area contributed by atoms with Crippen molar-refractivity contribution < 1.29 is 0 Å². The van der Waals surface area contributed by atoms with Gasteiger partial charge < -0.3 is 9.80 Å². The lowest BCUT2D eigenvalue weighted by molar-refractivity contribution is 1.26. The Bertz CT molecular complexity index is 3710. The first-order valence-corrected chi connectivity index (χ1v) is 27.5. The quantitative estimate of drug-likeness (QED) is 0.0944. The van der Waals surface area contributed by atoms with E-state index < -0.39 is 0 Å². The molecule has 12 aromatic rings. The molecule has 80 heavy (non-hydrogen) atoms. The van der Waals surface area contributed by atoms with Gasteiger partial charge >= 0.3 is 0 Å². The predicted octanol–water partition coefficient (Wildman–Crippen LogP) is 21.9. The van der Waals surface area contributed by atoms with E-state index in [2.05, 4.69) is 351 Å². The summed E-state index contributed by atoms with van der Waals surface area (Å²) >= 11 is 0. The lowest BCUT2D eigenvalue weighted by atomic mass is 9.88. The number of benzene rings is 12. The average Bonchev–Trinajstić information content (AvgIpc) is 3.55. The van der Waals surface area contributed by atoms with Crippen LogP contribution in [0.25, 0.3) is 81.3 Å². The van der Waals surface area contributed by atoms with E-state index in [-0.39, 0.29) is 0 Å². The topological polar surface area (TPSA) is 6.48 Å². The van der Waals surface area contributed by atoms with E-state index in [1.54, 1.807) is 0 Å². The molecule has 0 amide bonds. The number of fused-ring (bicyclic) bond motifs is 2. The van der Waals surface area contributed by atoms with Crippen molar-refractivity contribution >= 4 is 104 Å². The Morgan fingerprint density at radius 3 is 0.650 bits per heavy atom. The third kappa shape index (κ3) is 11.2. The fourth-order valence-corrected chi connectivity index (χ4v) is 10.8. The zero-order chi connectivity index (χ0) is 54.0. The first-order chi connectivity index (χ1) is 39.5. The molecule has 0 saturated carbocycles.